The van der Waals surface area contributed by atoms with Gasteiger partial charge in [0.05, 0.1) is 5.02 Å². The van der Waals surface area contributed by atoms with Crippen molar-refractivity contribution in [1.82, 2.24) is 0 Å². The van der Waals surface area contributed by atoms with Crippen LogP contribution >= 0.6 is 35.6 Å². The molecule has 1 rings (SSSR count). The summed E-state index contributed by atoms with van der Waals surface area (Å²) < 4.78 is 0. The largest absolute Gasteiger partial charge is 0.508 e. The van der Waals surface area contributed by atoms with Crippen molar-refractivity contribution in [2.45, 2.75) is 25.8 Å². The number of phenolic OH excluding ortho intramolecular Hbond substituents is 1. The van der Waals surface area contributed by atoms with Crippen molar-refractivity contribution in [2.75, 3.05) is 0 Å². The quantitative estimate of drug-likeness (QED) is 0.874. The molecule has 0 unspecified atom stereocenters. The van der Waals surface area contributed by atoms with Gasteiger partial charge in [-0.15, -0.1) is 12.4 Å². The Kier molecular flexibility index (Phi) is 6.37. The fourth-order valence-corrected chi connectivity index (χ4v) is 2.02. The summed E-state index contributed by atoms with van der Waals surface area (Å²) in [4.78, 5) is 0. The summed E-state index contributed by atoms with van der Waals surface area (Å²) in [6, 6.07) is 2.82. The Morgan fingerprint density at radius 1 is 1.40 bits per heavy atom. The predicted molar refractivity (Wildman–Crippen MR) is 67.2 cm³/mol. The van der Waals surface area contributed by atoms with E-state index in [1.54, 1.807) is 6.07 Å². The third-order valence-electron chi connectivity index (χ3n) is 2.04. The van der Waals surface area contributed by atoms with Crippen molar-refractivity contribution < 1.29 is 5.11 Å². The molecule has 2 nitrogen and oxygen atoms in total. The van der Waals surface area contributed by atoms with Crippen LogP contribution in [0.1, 0.15) is 31.4 Å². The first kappa shape index (κ1) is 14.8. The number of hydrogen-bond donors (Lipinski definition) is 2. The molecule has 1 aromatic rings. The lowest BCUT2D eigenvalue weighted by Crippen LogP contribution is -2.10. The molecule has 0 radical (unpaired) electrons. The van der Waals surface area contributed by atoms with Gasteiger partial charge in [-0.05, 0) is 18.6 Å². The fourth-order valence-electron chi connectivity index (χ4n) is 1.39. The zero-order valence-corrected chi connectivity index (χ0v) is 10.7. The van der Waals surface area contributed by atoms with Crippen LogP contribution in [0.2, 0.25) is 10.0 Å². The van der Waals surface area contributed by atoms with Crippen LogP contribution in [0.5, 0.6) is 5.75 Å². The van der Waals surface area contributed by atoms with Gasteiger partial charge in [-0.3, -0.25) is 0 Å². The summed E-state index contributed by atoms with van der Waals surface area (Å²) >= 11 is 11.7. The van der Waals surface area contributed by atoms with Gasteiger partial charge in [0.2, 0.25) is 0 Å². The van der Waals surface area contributed by atoms with E-state index in [0.29, 0.717) is 15.6 Å². The maximum atomic E-state index is 9.62. The molecule has 86 valence electrons. The molecule has 0 aromatic heterocycles. The Labute approximate surface area is 106 Å². The van der Waals surface area contributed by atoms with Gasteiger partial charge in [-0.2, -0.15) is 0 Å². The highest BCUT2D eigenvalue weighted by Crippen LogP contribution is 2.35. The maximum Gasteiger partial charge on any atom is 0.123 e. The number of halogens is 3. The number of rotatable bonds is 3. The van der Waals surface area contributed by atoms with Crippen LogP contribution in [0.3, 0.4) is 0 Å². The smallest absolute Gasteiger partial charge is 0.123 e. The molecule has 1 aromatic carbocycles. The fraction of sp³-hybridized carbons (Fsp3) is 0.400. The molecule has 0 saturated carbocycles. The highest BCUT2D eigenvalue weighted by atomic mass is 35.5. The van der Waals surface area contributed by atoms with E-state index in [4.69, 9.17) is 28.9 Å². The Morgan fingerprint density at radius 2 is 2.00 bits per heavy atom. The predicted octanol–water partition coefficient (Wildman–Crippen LogP) is 3.92. The van der Waals surface area contributed by atoms with Gasteiger partial charge in [0.1, 0.15) is 5.75 Å². The number of benzene rings is 1. The standard InChI is InChI=1S/C10H13Cl2NO.ClH/c1-2-3-8(13)10-7(12)4-6(11)5-9(10)14;/h4-5,8,14H,2-3,13H2,1H3;1H/t8-;/m1./s1. The van der Waals surface area contributed by atoms with Crippen molar-refractivity contribution in [2.24, 2.45) is 5.73 Å². The van der Waals surface area contributed by atoms with E-state index in [1.165, 1.54) is 6.07 Å². The van der Waals surface area contributed by atoms with Gasteiger partial charge >= 0.3 is 0 Å². The van der Waals surface area contributed by atoms with Crippen LogP contribution in [0.25, 0.3) is 0 Å². The molecule has 3 N–H and O–H groups in total. The minimum atomic E-state index is -0.232. The zero-order chi connectivity index (χ0) is 10.7. The molecule has 0 amide bonds. The van der Waals surface area contributed by atoms with Gasteiger partial charge in [0.25, 0.3) is 0 Å². The molecular weight excluding hydrogens is 256 g/mol. The van der Waals surface area contributed by atoms with Crippen molar-refractivity contribution in [3.05, 3.63) is 27.7 Å². The Morgan fingerprint density at radius 3 is 2.47 bits per heavy atom. The summed E-state index contributed by atoms with van der Waals surface area (Å²) in [5, 5.41) is 10.5. The van der Waals surface area contributed by atoms with Gasteiger partial charge in [0.15, 0.2) is 0 Å². The summed E-state index contributed by atoms with van der Waals surface area (Å²) in [6.45, 7) is 2.03. The van der Waals surface area contributed by atoms with Crippen LogP contribution in [-0.4, -0.2) is 5.11 Å². The average molecular weight is 271 g/mol. The molecule has 0 saturated heterocycles. The van der Waals surface area contributed by atoms with E-state index in [-0.39, 0.29) is 24.2 Å². The van der Waals surface area contributed by atoms with Crippen molar-refractivity contribution in [3.63, 3.8) is 0 Å². The summed E-state index contributed by atoms with van der Waals surface area (Å²) in [5.41, 5.74) is 6.45. The van der Waals surface area contributed by atoms with E-state index >= 15 is 0 Å². The number of aromatic hydroxyl groups is 1. The number of phenols is 1. The summed E-state index contributed by atoms with van der Waals surface area (Å²) in [7, 11) is 0. The van der Waals surface area contributed by atoms with E-state index < -0.39 is 0 Å². The monoisotopic (exact) mass is 269 g/mol. The van der Waals surface area contributed by atoms with Crippen molar-refractivity contribution in [3.8, 4) is 5.75 Å². The Hall–Kier alpha value is -0.150. The average Bonchev–Trinajstić information content (AvgIpc) is 2.01. The highest BCUT2D eigenvalue weighted by molar-refractivity contribution is 6.35. The molecule has 15 heavy (non-hydrogen) atoms. The number of hydrogen-bond acceptors (Lipinski definition) is 2. The van der Waals surface area contributed by atoms with E-state index in [1.807, 2.05) is 6.92 Å². The molecule has 0 spiro atoms. The molecule has 1 atom stereocenters. The summed E-state index contributed by atoms with van der Waals surface area (Å²) in [5.74, 6) is 0.0726. The first-order valence-electron chi connectivity index (χ1n) is 4.49. The third kappa shape index (κ3) is 3.72. The van der Waals surface area contributed by atoms with Gasteiger partial charge in [-0.1, -0.05) is 36.5 Å². The molecular formula is C10H14Cl3NO. The van der Waals surface area contributed by atoms with Crippen LogP contribution in [0, 0.1) is 0 Å². The highest BCUT2D eigenvalue weighted by Gasteiger charge is 2.14. The van der Waals surface area contributed by atoms with Crippen molar-refractivity contribution in [1.29, 1.82) is 0 Å². The Balaban J connectivity index is 0.00000196. The first-order valence-corrected chi connectivity index (χ1v) is 5.25. The second-order valence-corrected chi connectivity index (χ2v) is 4.06. The van der Waals surface area contributed by atoms with Crippen molar-refractivity contribution >= 4 is 35.6 Å². The van der Waals surface area contributed by atoms with Crippen LogP contribution in [-0.2, 0) is 0 Å². The lowest BCUT2D eigenvalue weighted by molar-refractivity contribution is 0.458. The molecule has 0 aliphatic rings. The minimum Gasteiger partial charge on any atom is -0.508 e. The zero-order valence-electron chi connectivity index (χ0n) is 8.34. The normalized spacial score (nSPS) is 12.0. The second-order valence-electron chi connectivity index (χ2n) is 3.22. The number of nitrogens with two attached hydrogens (primary N) is 1. The van der Waals surface area contributed by atoms with Crippen LogP contribution < -0.4 is 5.73 Å². The minimum absolute atomic E-state index is 0. The van der Waals surface area contributed by atoms with Gasteiger partial charge in [-0.25, -0.2) is 0 Å². The lowest BCUT2D eigenvalue weighted by Gasteiger charge is -2.14. The van der Waals surface area contributed by atoms with Gasteiger partial charge < -0.3 is 10.8 Å². The molecule has 5 heteroatoms. The molecule has 0 fully saturated rings. The van der Waals surface area contributed by atoms with Gasteiger partial charge in [0, 0.05) is 16.6 Å². The van der Waals surface area contributed by atoms with E-state index in [9.17, 15) is 5.11 Å². The summed E-state index contributed by atoms with van der Waals surface area (Å²) in [6.07, 6.45) is 1.73. The van der Waals surface area contributed by atoms with E-state index in [0.717, 1.165) is 12.8 Å². The topological polar surface area (TPSA) is 46.2 Å². The van der Waals surface area contributed by atoms with E-state index in [2.05, 4.69) is 0 Å². The molecule has 0 aliphatic carbocycles. The second kappa shape index (κ2) is 6.44. The maximum absolute atomic E-state index is 9.62. The van der Waals surface area contributed by atoms with Crippen LogP contribution in [0.15, 0.2) is 12.1 Å². The first-order chi connectivity index (χ1) is 6.56. The molecule has 0 aliphatic heterocycles. The molecule has 0 heterocycles. The molecule has 0 bridgehead atoms. The lowest BCUT2D eigenvalue weighted by atomic mass is 10.0. The Bertz CT molecular complexity index is 307. The van der Waals surface area contributed by atoms with Crippen LogP contribution in [0.4, 0.5) is 0 Å². The SMILES string of the molecule is CCC[C@@H](N)c1c(O)cc(Cl)cc1Cl.Cl. The third-order valence-corrected chi connectivity index (χ3v) is 2.57.